The monoisotopic (exact) mass is 487 g/mol. The van der Waals surface area contributed by atoms with Crippen LogP contribution in [0.2, 0.25) is 0 Å². The number of fused-ring (bicyclic) bond motifs is 2. The minimum Gasteiger partial charge on any atom is -0.465 e. The number of esters is 2. The molecule has 0 fully saturated rings. The lowest BCUT2D eigenvalue weighted by atomic mass is 10.1. The summed E-state index contributed by atoms with van der Waals surface area (Å²) in [5, 5.41) is 10.7. The molecule has 146 valence electrons. The number of benzene rings is 2. The predicted molar refractivity (Wildman–Crippen MR) is 119 cm³/mol. The van der Waals surface area contributed by atoms with Crippen LogP contribution in [0.3, 0.4) is 0 Å². The van der Waals surface area contributed by atoms with Crippen molar-refractivity contribution in [2.45, 2.75) is 0 Å². The van der Waals surface area contributed by atoms with Gasteiger partial charge in [0.2, 0.25) is 0 Å². The van der Waals surface area contributed by atoms with Crippen LogP contribution < -0.4 is 0 Å². The Morgan fingerprint density at radius 2 is 1.41 bits per heavy atom. The van der Waals surface area contributed by atoms with E-state index in [2.05, 4.69) is 31.5 Å². The SMILES string of the molecule is COC(=O)c1cc2c(Br)cccc2s1.COC(=O)c1cc2c(C#N)cccc2s1. The summed E-state index contributed by atoms with van der Waals surface area (Å²) in [7, 11) is 2.74. The molecule has 4 rings (SSSR count). The van der Waals surface area contributed by atoms with Crippen molar-refractivity contribution < 1.29 is 19.1 Å². The number of nitrogens with zero attached hydrogens (tertiary/aromatic N) is 1. The van der Waals surface area contributed by atoms with Crippen LogP contribution in [0.15, 0.2) is 53.0 Å². The van der Waals surface area contributed by atoms with Crippen molar-refractivity contribution >= 4 is 70.7 Å². The van der Waals surface area contributed by atoms with E-state index in [1.807, 2.05) is 30.3 Å². The number of nitriles is 1. The number of thiophene rings is 2. The molecule has 29 heavy (non-hydrogen) atoms. The molecule has 0 aliphatic heterocycles. The van der Waals surface area contributed by atoms with Crippen LogP contribution in [0.4, 0.5) is 0 Å². The molecular formula is C21H14BrNO4S2. The lowest BCUT2D eigenvalue weighted by Crippen LogP contribution is -1.96. The zero-order valence-corrected chi connectivity index (χ0v) is 18.6. The largest absolute Gasteiger partial charge is 0.465 e. The lowest BCUT2D eigenvalue weighted by molar-refractivity contribution is 0.0597. The second kappa shape index (κ2) is 9.18. The molecule has 8 heteroatoms. The molecule has 0 saturated heterocycles. The van der Waals surface area contributed by atoms with Crippen molar-refractivity contribution in [3.63, 3.8) is 0 Å². The molecule has 0 amide bonds. The molecule has 0 spiro atoms. The third kappa shape index (κ3) is 4.48. The van der Waals surface area contributed by atoms with Crippen LogP contribution >= 0.6 is 38.6 Å². The maximum atomic E-state index is 11.3. The third-order valence-corrected chi connectivity index (χ3v) is 6.82. The van der Waals surface area contributed by atoms with Gasteiger partial charge in [-0.05, 0) is 36.4 Å². The highest BCUT2D eigenvalue weighted by atomic mass is 79.9. The Morgan fingerprint density at radius 3 is 1.93 bits per heavy atom. The normalized spacial score (nSPS) is 10.1. The number of ether oxygens (including phenoxy) is 2. The van der Waals surface area contributed by atoms with Crippen LogP contribution in [0.5, 0.6) is 0 Å². The van der Waals surface area contributed by atoms with Crippen molar-refractivity contribution in [1.29, 1.82) is 5.26 Å². The van der Waals surface area contributed by atoms with Crippen LogP contribution in [-0.4, -0.2) is 26.2 Å². The van der Waals surface area contributed by atoms with E-state index in [0.29, 0.717) is 15.3 Å². The molecule has 4 aromatic rings. The minimum absolute atomic E-state index is 0.280. The summed E-state index contributed by atoms with van der Waals surface area (Å²) in [5.74, 6) is -0.641. The topological polar surface area (TPSA) is 76.4 Å². The number of carbonyl (C=O) groups excluding carboxylic acids is 2. The summed E-state index contributed by atoms with van der Waals surface area (Å²) in [6, 6.07) is 16.9. The summed E-state index contributed by atoms with van der Waals surface area (Å²) in [6.45, 7) is 0. The molecule has 0 bridgehead atoms. The van der Waals surface area contributed by atoms with Gasteiger partial charge in [0.1, 0.15) is 9.75 Å². The Bertz CT molecular complexity index is 1250. The Labute approximate surface area is 183 Å². The molecule has 0 saturated carbocycles. The van der Waals surface area contributed by atoms with Gasteiger partial charge in [0, 0.05) is 24.6 Å². The number of halogens is 1. The smallest absolute Gasteiger partial charge is 0.348 e. The number of hydrogen-bond acceptors (Lipinski definition) is 7. The van der Waals surface area contributed by atoms with Crippen molar-refractivity contribution in [2.24, 2.45) is 0 Å². The summed E-state index contributed by atoms with van der Waals surface area (Å²) in [4.78, 5) is 23.7. The lowest BCUT2D eigenvalue weighted by Gasteiger charge is -1.90. The molecular weight excluding hydrogens is 474 g/mol. The first-order valence-corrected chi connectivity index (χ1v) is 10.7. The van der Waals surface area contributed by atoms with Gasteiger partial charge in [-0.3, -0.25) is 0 Å². The van der Waals surface area contributed by atoms with E-state index in [4.69, 9.17) is 5.26 Å². The maximum absolute atomic E-state index is 11.3. The first kappa shape index (κ1) is 21.0. The Morgan fingerprint density at radius 1 is 0.897 bits per heavy atom. The van der Waals surface area contributed by atoms with E-state index in [-0.39, 0.29) is 11.9 Å². The van der Waals surface area contributed by atoms with Crippen LogP contribution in [0, 0.1) is 11.3 Å². The third-order valence-electron chi connectivity index (χ3n) is 3.96. The Hall–Kier alpha value is -2.73. The molecule has 0 aliphatic carbocycles. The Balaban J connectivity index is 0.000000166. The highest BCUT2D eigenvalue weighted by Crippen LogP contribution is 2.31. The summed E-state index contributed by atoms with van der Waals surface area (Å²) >= 11 is 6.21. The first-order valence-electron chi connectivity index (χ1n) is 8.25. The average Bonchev–Trinajstić information content (AvgIpc) is 3.38. The summed E-state index contributed by atoms with van der Waals surface area (Å²) in [5.41, 5.74) is 0.582. The van der Waals surface area contributed by atoms with Gasteiger partial charge in [0.25, 0.3) is 0 Å². The molecule has 0 unspecified atom stereocenters. The molecule has 0 radical (unpaired) electrons. The molecule has 0 N–H and O–H groups in total. The second-order valence-corrected chi connectivity index (χ2v) is 8.71. The van der Waals surface area contributed by atoms with Crippen molar-refractivity contribution in [1.82, 2.24) is 0 Å². The number of hydrogen-bond donors (Lipinski definition) is 0. The predicted octanol–water partition coefficient (Wildman–Crippen LogP) is 6.01. The van der Waals surface area contributed by atoms with Gasteiger partial charge in [-0.2, -0.15) is 5.26 Å². The van der Waals surface area contributed by atoms with E-state index >= 15 is 0 Å². The molecule has 5 nitrogen and oxygen atoms in total. The van der Waals surface area contributed by atoms with Crippen LogP contribution in [0.25, 0.3) is 20.2 Å². The van der Waals surface area contributed by atoms with Gasteiger partial charge in [0.05, 0.1) is 25.9 Å². The van der Waals surface area contributed by atoms with Crippen molar-refractivity contribution in [3.05, 3.63) is 68.3 Å². The fraction of sp³-hybridized carbons (Fsp3) is 0.0952. The average molecular weight is 488 g/mol. The van der Waals surface area contributed by atoms with Gasteiger partial charge < -0.3 is 9.47 Å². The number of methoxy groups -OCH3 is 2. The molecule has 0 atom stereocenters. The van der Waals surface area contributed by atoms with Gasteiger partial charge in [-0.1, -0.05) is 28.1 Å². The minimum atomic E-state index is -0.361. The number of rotatable bonds is 2. The van der Waals surface area contributed by atoms with Gasteiger partial charge in [-0.25, -0.2) is 9.59 Å². The van der Waals surface area contributed by atoms with Gasteiger partial charge >= 0.3 is 11.9 Å². The van der Waals surface area contributed by atoms with E-state index in [0.717, 1.165) is 24.6 Å². The van der Waals surface area contributed by atoms with E-state index < -0.39 is 0 Å². The zero-order chi connectivity index (χ0) is 21.0. The highest BCUT2D eigenvalue weighted by molar-refractivity contribution is 9.10. The van der Waals surface area contributed by atoms with Gasteiger partial charge in [0.15, 0.2) is 0 Å². The quantitative estimate of drug-likeness (QED) is 0.323. The standard InChI is InChI=1S/C11H7NO2S.C10H7BrO2S/c1-14-11(13)10-5-8-7(6-12)3-2-4-9(8)15-10;1-13-10(12)9-5-6-7(11)3-2-4-8(6)14-9/h2-5H,1H3;2-5H,1H3. The van der Waals surface area contributed by atoms with E-state index in [9.17, 15) is 9.59 Å². The number of carbonyl (C=O) groups is 2. The van der Waals surface area contributed by atoms with E-state index in [1.54, 1.807) is 18.2 Å². The van der Waals surface area contributed by atoms with Crippen molar-refractivity contribution in [3.8, 4) is 6.07 Å². The Kier molecular flexibility index (Phi) is 6.64. The molecule has 0 aliphatic rings. The highest BCUT2D eigenvalue weighted by Gasteiger charge is 2.12. The van der Waals surface area contributed by atoms with Crippen molar-refractivity contribution in [2.75, 3.05) is 14.2 Å². The first-order chi connectivity index (χ1) is 14.0. The second-order valence-electron chi connectivity index (χ2n) is 5.69. The molecule has 2 aromatic heterocycles. The fourth-order valence-electron chi connectivity index (χ4n) is 2.59. The van der Waals surface area contributed by atoms with Crippen LogP contribution in [0.1, 0.15) is 24.9 Å². The molecule has 2 heterocycles. The summed E-state index contributed by atoms with van der Waals surface area (Å²) in [6.07, 6.45) is 0. The maximum Gasteiger partial charge on any atom is 0.348 e. The summed E-state index contributed by atoms with van der Waals surface area (Å²) < 4.78 is 12.3. The van der Waals surface area contributed by atoms with Gasteiger partial charge in [-0.15, -0.1) is 22.7 Å². The van der Waals surface area contributed by atoms with E-state index in [1.165, 1.54) is 36.9 Å². The zero-order valence-electron chi connectivity index (χ0n) is 15.4. The van der Waals surface area contributed by atoms with Crippen LogP contribution in [-0.2, 0) is 9.47 Å². The molecule has 2 aromatic carbocycles. The fourth-order valence-corrected chi connectivity index (χ4v) is 5.21.